The van der Waals surface area contributed by atoms with Crippen LogP contribution in [-0.4, -0.2) is 12.6 Å². The van der Waals surface area contributed by atoms with E-state index in [1.165, 1.54) is 0 Å². The summed E-state index contributed by atoms with van der Waals surface area (Å²) >= 11 is 12.2. The molecule has 2 aromatic carbocycles. The number of anilines is 1. The summed E-state index contributed by atoms with van der Waals surface area (Å²) in [6.45, 7) is 6.48. The Balaban J connectivity index is 2.12. The molecular weight excluding hydrogens is 382 g/mol. The maximum atomic E-state index is 14.9. The quantitative estimate of drug-likeness (QED) is 0.402. The molecule has 0 aromatic heterocycles. The Morgan fingerprint density at radius 3 is 2.63 bits per heavy atom. The second-order valence-electron chi connectivity index (χ2n) is 7.70. The molecule has 0 radical (unpaired) electrons. The Hall–Kier alpha value is -2.02. The first-order valence-corrected chi connectivity index (χ1v) is 9.54. The molecule has 0 bridgehead atoms. The van der Waals surface area contributed by atoms with Crippen LogP contribution >= 0.6 is 23.2 Å². The van der Waals surface area contributed by atoms with Crippen molar-refractivity contribution in [3.05, 3.63) is 62.9 Å². The highest BCUT2D eigenvalue weighted by atomic mass is 35.5. The van der Waals surface area contributed by atoms with Gasteiger partial charge >= 0.3 is 0 Å². The average Bonchev–Trinajstić information content (AvgIpc) is 2.59. The van der Waals surface area contributed by atoms with Crippen LogP contribution in [0.2, 0.25) is 10.0 Å². The highest BCUT2D eigenvalue weighted by Crippen LogP contribution is 2.43. The van der Waals surface area contributed by atoms with Gasteiger partial charge in [-0.1, -0.05) is 36.2 Å². The van der Waals surface area contributed by atoms with Crippen LogP contribution in [0.15, 0.2) is 30.3 Å². The lowest BCUT2D eigenvalue weighted by Gasteiger charge is -2.45. The van der Waals surface area contributed by atoms with Crippen LogP contribution in [-0.2, 0) is 0 Å². The van der Waals surface area contributed by atoms with Gasteiger partial charge in [0.2, 0.25) is 0 Å². The average molecular weight is 403 g/mol. The van der Waals surface area contributed by atoms with E-state index in [9.17, 15) is 9.65 Å². The summed E-state index contributed by atoms with van der Waals surface area (Å²) in [5.74, 6) is -0.0630. The summed E-state index contributed by atoms with van der Waals surface area (Å²) < 4.78 is 14.9. The first kappa shape index (κ1) is 19.7. The summed E-state index contributed by atoms with van der Waals surface area (Å²) in [5.41, 5.74) is 3.17. The molecular formula is C22H21Cl2FN2. The zero-order valence-electron chi connectivity index (χ0n) is 15.8. The van der Waals surface area contributed by atoms with Crippen molar-refractivity contribution < 1.29 is 4.39 Å². The van der Waals surface area contributed by atoms with E-state index < -0.39 is 0 Å². The topological polar surface area (TPSA) is 27.0 Å². The lowest BCUT2D eigenvalue weighted by atomic mass is 9.80. The van der Waals surface area contributed by atoms with Gasteiger partial charge < -0.3 is 4.90 Å². The minimum atomic E-state index is -0.358. The molecule has 2 nitrogen and oxygen atoms in total. The number of benzene rings is 2. The second-order valence-corrected chi connectivity index (χ2v) is 8.55. The Morgan fingerprint density at radius 2 is 2.00 bits per heavy atom. The van der Waals surface area contributed by atoms with Crippen molar-refractivity contribution in [1.29, 1.82) is 5.26 Å². The third-order valence-electron chi connectivity index (χ3n) is 5.39. The van der Waals surface area contributed by atoms with Crippen LogP contribution < -0.4 is 4.90 Å². The molecule has 1 unspecified atom stereocenters. The van der Waals surface area contributed by atoms with E-state index in [-0.39, 0.29) is 11.4 Å². The zero-order chi connectivity index (χ0) is 19.9. The monoisotopic (exact) mass is 402 g/mol. The molecule has 2 aromatic rings. The Kier molecular flexibility index (Phi) is 5.25. The minimum Gasteiger partial charge on any atom is -0.369 e. The van der Waals surface area contributed by atoms with Crippen LogP contribution in [0, 0.1) is 17.1 Å². The number of rotatable bonds is 2. The van der Waals surface area contributed by atoms with Crippen LogP contribution in [0.25, 0.3) is 11.6 Å². The van der Waals surface area contributed by atoms with Gasteiger partial charge in [-0.15, -0.1) is 0 Å². The highest BCUT2D eigenvalue weighted by molar-refractivity contribution is 6.36. The fourth-order valence-electron chi connectivity index (χ4n) is 3.75. The van der Waals surface area contributed by atoms with Gasteiger partial charge in [0, 0.05) is 34.4 Å². The third-order valence-corrected chi connectivity index (χ3v) is 5.94. The number of fused-ring (bicyclic) bond motifs is 1. The Bertz CT molecular complexity index is 973. The van der Waals surface area contributed by atoms with Gasteiger partial charge in [-0.2, -0.15) is 5.26 Å². The second kappa shape index (κ2) is 7.19. The van der Waals surface area contributed by atoms with E-state index in [1.54, 1.807) is 30.3 Å². The first-order valence-electron chi connectivity index (χ1n) is 8.78. The fraction of sp³-hybridized carbons (Fsp3) is 0.318. The maximum Gasteiger partial charge on any atom is 0.132 e. The van der Waals surface area contributed by atoms with Gasteiger partial charge in [0.1, 0.15) is 5.82 Å². The molecule has 0 aliphatic carbocycles. The SMILES string of the molecule is CC1CC(C)(C)N(C)c2cc(F)c(/C=C(\C#N)c3ccc(Cl)cc3Cl)cc21. The predicted molar refractivity (Wildman–Crippen MR) is 112 cm³/mol. The van der Waals surface area contributed by atoms with E-state index >= 15 is 0 Å². The lowest BCUT2D eigenvalue weighted by Crippen LogP contribution is -2.45. The summed E-state index contributed by atoms with van der Waals surface area (Å²) in [6.07, 6.45) is 2.52. The molecule has 1 aliphatic heterocycles. The van der Waals surface area contributed by atoms with E-state index in [2.05, 4.69) is 31.7 Å². The summed E-state index contributed by atoms with van der Waals surface area (Å²) in [6, 6.07) is 10.5. The molecule has 0 saturated carbocycles. The number of hydrogen-bond acceptors (Lipinski definition) is 2. The molecule has 3 rings (SSSR count). The normalized spacial score (nSPS) is 18.8. The maximum absolute atomic E-state index is 14.9. The molecule has 140 valence electrons. The van der Waals surface area contributed by atoms with Gasteiger partial charge in [-0.25, -0.2) is 4.39 Å². The van der Waals surface area contributed by atoms with Gasteiger partial charge in [0.15, 0.2) is 0 Å². The van der Waals surface area contributed by atoms with Gasteiger partial charge in [0.05, 0.1) is 16.7 Å². The smallest absolute Gasteiger partial charge is 0.132 e. The van der Waals surface area contributed by atoms with Crippen molar-refractivity contribution in [2.24, 2.45) is 0 Å². The van der Waals surface area contributed by atoms with Gasteiger partial charge in [-0.3, -0.25) is 0 Å². The third kappa shape index (κ3) is 3.70. The molecule has 0 fully saturated rings. The number of nitrogens with zero attached hydrogens (tertiary/aromatic N) is 2. The molecule has 1 heterocycles. The Morgan fingerprint density at radius 1 is 1.30 bits per heavy atom. The first-order chi connectivity index (χ1) is 12.6. The lowest BCUT2D eigenvalue weighted by molar-refractivity contribution is 0.394. The molecule has 27 heavy (non-hydrogen) atoms. The standard InChI is InChI=1S/C22H21Cl2FN2/c1-13-11-22(2,3)27(4)21-10-20(25)14(8-18(13)21)7-15(12-26)17-6-5-16(23)9-19(17)24/h5-10,13H,11H2,1-4H3/b15-7+. The van der Waals surface area contributed by atoms with E-state index in [0.717, 1.165) is 17.7 Å². The van der Waals surface area contributed by atoms with Crippen LogP contribution in [0.1, 0.15) is 49.8 Å². The zero-order valence-corrected chi connectivity index (χ0v) is 17.3. The highest BCUT2D eigenvalue weighted by Gasteiger charge is 2.34. The van der Waals surface area contributed by atoms with Gasteiger partial charge in [-0.05, 0) is 62.1 Å². The van der Waals surface area contributed by atoms with Crippen molar-refractivity contribution >= 4 is 40.5 Å². The summed E-state index contributed by atoms with van der Waals surface area (Å²) in [7, 11) is 1.99. The number of nitriles is 1. The van der Waals surface area contributed by atoms with E-state index in [1.807, 2.05) is 13.1 Å². The summed E-state index contributed by atoms with van der Waals surface area (Å²) in [5, 5.41) is 10.4. The van der Waals surface area contributed by atoms with Crippen molar-refractivity contribution in [1.82, 2.24) is 0 Å². The summed E-state index contributed by atoms with van der Waals surface area (Å²) in [4.78, 5) is 2.13. The molecule has 0 saturated heterocycles. The van der Waals surface area contributed by atoms with Crippen molar-refractivity contribution in [2.45, 2.75) is 38.6 Å². The van der Waals surface area contributed by atoms with E-state index in [0.29, 0.717) is 32.7 Å². The van der Waals surface area contributed by atoms with Crippen molar-refractivity contribution in [3.8, 4) is 6.07 Å². The molecule has 5 heteroatoms. The molecule has 1 atom stereocenters. The van der Waals surface area contributed by atoms with Crippen LogP contribution in [0.4, 0.5) is 10.1 Å². The van der Waals surface area contributed by atoms with Crippen molar-refractivity contribution in [2.75, 3.05) is 11.9 Å². The largest absolute Gasteiger partial charge is 0.369 e. The molecule has 0 spiro atoms. The number of halogens is 3. The number of hydrogen-bond donors (Lipinski definition) is 0. The molecule has 0 N–H and O–H groups in total. The fourth-order valence-corrected chi connectivity index (χ4v) is 4.26. The van der Waals surface area contributed by atoms with Gasteiger partial charge in [0.25, 0.3) is 0 Å². The van der Waals surface area contributed by atoms with Crippen LogP contribution in [0.3, 0.4) is 0 Å². The molecule has 1 aliphatic rings. The number of allylic oxidation sites excluding steroid dienone is 1. The minimum absolute atomic E-state index is 0.0368. The Labute approximate surface area is 169 Å². The molecule has 0 amide bonds. The van der Waals surface area contributed by atoms with Crippen molar-refractivity contribution in [3.63, 3.8) is 0 Å². The van der Waals surface area contributed by atoms with Crippen LogP contribution in [0.5, 0.6) is 0 Å². The predicted octanol–water partition coefficient (Wildman–Crippen LogP) is 6.92. The van der Waals surface area contributed by atoms with E-state index in [4.69, 9.17) is 23.2 Å².